The van der Waals surface area contributed by atoms with E-state index in [1.165, 1.54) is 0 Å². The van der Waals surface area contributed by atoms with Gasteiger partial charge in [0.1, 0.15) is 5.52 Å². The number of pyridine rings is 2. The zero-order valence-electron chi connectivity index (χ0n) is 14.8. The summed E-state index contributed by atoms with van der Waals surface area (Å²) in [5.41, 5.74) is 5.52. The molecule has 0 aliphatic heterocycles. The maximum Gasteiger partial charge on any atom is 0.165 e. The van der Waals surface area contributed by atoms with Gasteiger partial charge in [0.05, 0.1) is 22.4 Å². The van der Waals surface area contributed by atoms with Gasteiger partial charge in [-0.2, -0.15) is 0 Å². The lowest BCUT2D eigenvalue weighted by atomic mass is 10.1. The van der Waals surface area contributed by atoms with Crippen LogP contribution < -0.4 is 0 Å². The number of halogens is 1. The molecular weight excluding hydrogens is 354 g/mol. The van der Waals surface area contributed by atoms with Gasteiger partial charge in [-0.25, -0.2) is 9.97 Å². The number of allylic oxidation sites excluding steroid dienone is 1. The highest BCUT2D eigenvalue weighted by atomic mass is 35.5. The Morgan fingerprint density at radius 2 is 1.89 bits per heavy atom. The van der Waals surface area contributed by atoms with E-state index in [-0.39, 0.29) is 0 Å². The van der Waals surface area contributed by atoms with Crippen molar-refractivity contribution in [2.24, 2.45) is 0 Å². The third-order valence-electron chi connectivity index (χ3n) is 4.88. The van der Waals surface area contributed by atoms with E-state index in [4.69, 9.17) is 21.6 Å². The van der Waals surface area contributed by atoms with Crippen molar-refractivity contribution in [1.29, 1.82) is 0 Å². The maximum absolute atomic E-state index is 6.35. The third-order valence-corrected chi connectivity index (χ3v) is 5.12. The number of imidazole rings is 1. The summed E-state index contributed by atoms with van der Waals surface area (Å²) in [6, 6.07) is 16.3. The number of hydrogen-bond donors (Lipinski definition) is 0. The van der Waals surface area contributed by atoms with Gasteiger partial charge in [0.2, 0.25) is 0 Å². The lowest BCUT2D eigenvalue weighted by Gasteiger charge is -2.10. The van der Waals surface area contributed by atoms with Gasteiger partial charge in [-0.05, 0) is 49.4 Å². The van der Waals surface area contributed by atoms with Crippen molar-refractivity contribution in [2.45, 2.75) is 6.92 Å². The molecule has 0 saturated heterocycles. The molecule has 4 heteroatoms. The van der Waals surface area contributed by atoms with Gasteiger partial charge in [-0.1, -0.05) is 42.5 Å². The zero-order valence-corrected chi connectivity index (χ0v) is 15.5. The van der Waals surface area contributed by atoms with Gasteiger partial charge in [0.25, 0.3) is 0 Å². The molecule has 0 saturated carbocycles. The summed E-state index contributed by atoms with van der Waals surface area (Å²) in [7, 11) is 0. The molecule has 0 bridgehead atoms. The van der Waals surface area contributed by atoms with Crippen LogP contribution in [0.1, 0.15) is 18.3 Å². The molecule has 3 heterocycles. The number of hydrogen-bond acceptors (Lipinski definition) is 2. The Morgan fingerprint density at radius 3 is 2.70 bits per heavy atom. The van der Waals surface area contributed by atoms with Crippen molar-refractivity contribution >= 4 is 62.1 Å². The first-order valence-corrected chi connectivity index (χ1v) is 9.17. The molecule has 27 heavy (non-hydrogen) atoms. The molecule has 5 aromatic rings. The van der Waals surface area contributed by atoms with Gasteiger partial charge in [-0.3, -0.25) is 4.40 Å². The minimum atomic E-state index is 0.702. The van der Waals surface area contributed by atoms with Crippen LogP contribution in [0.15, 0.2) is 61.2 Å². The largest absolute Gasteiger partial charge is 0.290 e. The number of para-hydroxylation sites is 1. The first-order chi connectivity index (χ1) is 13.2. The van der Waals surface area contributed by atoms with E-state index in [0.29, 0.717) is 5.02 Å². The van der Waals surface area contributed by atoms with Crippen LogP contribution in [0.4, 0.5) is 0 Å². The van der Waals surface area contributed by atoms with E-state index in [2.05, 4.69) is 29.2 Å². The Hall–Kier alpha value is -3.17. The Morgan fingerprint density at radius 1 is 1.04 bits per heavy atom. The molecule has 0 radical (unpaired) electrons. The molecule has 3 aromatic heterocycles. The molecule has 130 valence electrons. The fraction of sp³-hybridized carbons (Fsp3) is 0.0435. The van der Waals surface area contributed by atoms with Crippen molar-refractivity contribution < 1.29 is 0 Å². The number of aromatic nitrogens is 3. The third kappa shape index (κ3) is 2.29. The maximum atomic E-state index is 6.35. The molecule has 0 atom stereocenters. The summed E-state index contributed by atoms with van der Waals surface area (Å²) >= 11 is 6.35. The van der Waals surface area contributed by atoms with Crippen molar-refractivity contribution in [3.63, 3.8) is 0 Å². The first kappa shape index (κ1) is 16.0. The van der Waals surface area contributed by atoms with Crippen molar-refractivity contribution in [3.05, 3.63) is 77.6 Å². The van der Waals surface area contributed by atoms with Crippen molar-refractivity contribution in [2.75, 3.05) is 0 Å². The molecule has 5 rings (SSSR count). The molecule has 0 fully saturated rings. The Bertz CT molecular complexity index is 1410. The van der Waals surface area contributed by atoms with Gasteiger partial charge >= 0.3 is 0 Å². The van der Waals surface area contributed by atoms with Crippen LogP contribution in [-0.2, 0) is 0 Å². The van der Waals surface area contributed by atoms with E-state index in [1.807, 2.05) is 49.4 Å². The number of nitrogens with zero attached hydrogens (tertiary/aromatic N) is 3. The average Bonchev–Trinajstić information content (AvgIpc) is 3.06. The van der Waals surface area contributed by atoms with Crippen LogP contribution in [0.25, 0.3) is 50.5 Å². The molecule has 2 aromatic carbocycles. The van der Waals surface area contributed by atoms with Gasteiger partial charge in [0, 0.05) is 21.2 Å². The molecular formula is C23H16ClN3. The minimum Gasteiger partial charge on any atom is -0.290 e. The summed E-state index contributed by atoms with van der Waals surface area (Å²) in [5.74, 6) is 0. The van der Waals surface area contributed by atoms with Crippen LogP contribution >= 0.6 is 11.6 Å². The van der Waals surface area contributed by atoms with E-state index >= 15 is 0 Å². The van der Waals surface area contributed by atoms with Crippen LogP contribution in [-0.4, -0.2) is 14.4 Å². The summed E-state index contributed by atoms with van der Waals surface area (Å²) in [4.78, 5) is 9.81. The quantitative estimate of drug-likeness (QED) is 0.262. The highest BCUT2D eigenvalue weighted by molar-refractivity contribution is 6.32. The first-order valence-electron chi connectivity index (χ1n) is 8.79. The summed E-state index contributed by atoms with van der Waals surface area (Å²) in [6.45, 7) is 5.94. The van der Waals surface area contributed by atoms with Crippen molar-refractivity contribution in [3.8, 4) is 0 Å². The normalized spacial score (nSPS) is 12.1. The van der Waals surface area contributed by atoms with Crippen LogP contribution in [0.5, 0.6) is 0 Å². The zero-order chi connectivity index (χ0) is 18.5. The van der Waals surface area contributed by atoms with E-state index in [1.54, 1.807) is 6.08 Å². The Kier molecular flexibility index (Phi) is 3.52. The smallest absolute Gasteiger partial charge is 0.165 e. The monoisotopic (exact) mass is 369 g/mol. The predicted octanol–water partition coefficient (Wildman–Crippen LogP) is 6.52. The highest BCUT2D eigenvalue weighted by Crippen LogP contribution is 2.34. The summed E-state index contributed by atoms with van der Waals surface area (Å²) in [5, 5.41) is 3.90. The lowest BCUT2D eigenvalue weighted by Crippen LogP contribution is -1.95. The standard InChI is InChI=1S/C23H16ClN3/c1-3-7-21-18(4-2)26-23-22-17(12-14-8-5-6-9-19(14)25-22)16-13-15(24)10-11-20(16)27(21)23/h3-13H,2H2,1H3/b7-3-. The Balaban J connectivity index is 2.14. The fourth-order valence-electron chi connectivity index (χ4n) is 3.73. The van der Waals surface area contributed by atoms with Gasteiger partial charge in [-0.15, -0.1) is 0 Å². The van der Waals surface area contributed by atoms with Gasteiger partial charge < -0.3 is 0 Å². The van der Waals surface area contributed by atoms with Crippen molar-refractivity contribution in [1.82, 2.24) is 14.4 Å². The number of benzene rings is 2. The molecule has 0 aliphatic carbocycles. The van der Waals surface area contributed by atoms with Crippen LogP contribution in [0.2, 0.25) is 5.02 Å². The predicted molar refractivity (Wildman–Crippen MR) is 115 cm³/mol. The van der Waals surface area contributed by atoms with E-state index in [0.717, 1.165) is 49.7 Å². The van der Waals surface area contributed by atoms with Crippen LogP contribution in [0, 0.1) is 0 Å². The van der Waals surface area contributed by atoms with Gasteiger partial charge in [0.15, 0.2) is 5.65 Å². The molecule has 0 amide bonds. The minimum absolute atomic E-state index is 0.702. The second-order valence-corrected chi connectivity index (χ2v) is 6.92. The molecule has 0 aliphatic rings. The average molecular weight is 370 g/mol. The van der Waals surface area contributed by atoms with E-state index < -0.39 is 0 Å². The molecule has 0 unspecified atom stereocenters. The topological polar surface area (TPSA) is 30.2 Å². The molecule has 3 nitrogen and oxygen atoms in total. The fourth-order valence-corrected chi connectivity index (χ4v) is 3.90. The lowest BCUT2D eigenvalue weighted by molar-refractivity contribution is 1.24. The highest BCUT2D eigenvalue weighted by Gasteiger charge is 2.17. The molecule has 0 spiro atoms. The Labute approximate surface area is 161 Å². The SMILES string of the molecule is C=Cc1nc2c3nc4ccccc4cc3c3cc(Cl)ccc3n2c1/C=C\C. The summed E-state index contributed by atoms with van der Waals surface area (Å²) < 4.78 is 2.15. The molecule has 0 N–H and O–H groups in total. The second-order valence-electron chi connectivity index (χ2n) is 6.48. The number of rotatable bonds is 2. The van der Waals surface area contributed by atoms with E-state index in [9.17, 15) is 0 Å². The second kappa shape index (κ2) is 5.93. The summed E-state index contributed by atoms with van der Waals surface area (Å²) in [6.07, 6.45) is 5.85. The van der Waals surface area contributed by atoms with Crippen LogP contribution in [0.3, 0.4) is 0 Å². The number of fused-ring (bicyclic) bond motifs is 7.